The number of hydrogen-bond donors (Lipinski definition) is 1. The zero-order chi connectivity index (χ0) is 19.7. The summed E-state index contributed by atoms with van der Waals surface area (Å²) in [6.45, 7) is 4.54. The van der Waals surface area contributed by atoms with Gasteiger partial charge in [-0.3, -0.25) is 10.1 Å². The van der Waals surface area contributed by atoms with E-state index in [2.05, 4.69) is 10.4 Å². The normalized spacial score (nSPS) is 11.1. The van der Waals surface area contributed by atoms with E-state index in [1.165, 1.54) is 0 Å². The predicted molar refractivity (Wildman–Crippen MR) is 108 cm³/mol. The van der Waals surface area contributed by atoms with Crippen molar-refractivity contribution in [3.63, 3.8) is 0 Å². The highest BCUT2D eigenvalue weighted by Crippen LogP contribution is 2.24. The summed E-state index contributed by atoms with van der Waals surface area (Å²) in [7, 11) is 0. The van der Waals surface area contributed by atoms with Crippen molar-refractivity contribution in [1.29, 1.82) is 0 Å². The molecule has 0 aliphatic carbocycles. The maximum Gasteiger partial charge on any atom is 0.411 e. The number of nitrogens with one attached hydrogen (secondary N) is 1. The molecule has 2 heterocycles. The number of aryl methyl sites for hydroxylation is 2. The molecule has 7 nitrogen and oxygen atoms in total. The Morgan fingerprint density at radius 3 is 2.64 bits per heavy atom. The summed E-state index contributed by atoms with van der Waals surface area (Å²) < 4.78 is 8.61. The van der Waals surface area contributed by atoms with Gasteiger partial charge in [0.15, 0.2) is 0 Å². The van der Waals surface area contributed by atoms with E-state index in [0.29, 0.717) is 17.7 Å². The van der Waals surface area contributed by atoms with Crippen LogP contribution in [-0.4, -0.2) is 20.3 Å². The van der Waals surface area contributed by atoms with Crippen LogP contribution in [0, 0.1) is 6.92 Å². The lowest BCUT2D eigenvalue weighted by atomic mass is 10.1. The molecule has 0 saturated heterocycles. The van der Waals surface area contributed by atoms with Gasteiger partial charge in [-0.1, -0.05) is 30.3 Å². The fourth-order valence-electron chi connectivity index (χ4n) is 3.29. The Morgan fingerprint density at radius 1 is 1.11 bits per heavy atom. The van der Waals surface area contributed by atoms with Crippen LogP contribution in [0.3, 0.4) is 0 Å². The summed E-state index contributed by atoms with van der Waals surface area (Å²) in [6, 6.07) is 14.9. The molecular weight excluding hydrogens is 356 g/mol. The predicted octanol–water partition coefficient (Wildman–Crippen LogP) is 3.73. The SMILES string of the molecule is CCn1c(=O)c2ccnn2c2cc(NC(=O)OCc3ccccc3)c(C)cc21. The number of rotatable bonds is 4. The summed E-state index contributed by atoms with van der Waals surface area (Å²) in [6.07, 6.45) is 1.06. The molecule has 4 aromatic rings. The van der Waals surface area contributed by atoms with Crippen LogP contribution in [0.15, 0.2) is 59.5 Å². The summed E-state index contributed by atoms with van der Waals surface area (Å²) >= 11 is 0. The molecular formula is C21H20N4O3. The highest BCUT2D eigenvalue weighted by Gasteiger charge is 2.14. The van der Waals surface area contributed by atoms with E-state index in [1.54, 1.807) is 21.3 Å². The molecule has 0 bridgehead atoms. The molecule has 7 heteroatoms. The molecule has 0 spiro atoms. The van der Waals surface area contributed by atoms with Crippen molar-refractivity contribution in [2.45, 2.75) is 27.0 Å². The maximum absolute atomic E-state index is 12.6. The Labute approximate surface area is 161 Å². The number of hydrogen-bond acceptors (Lipinski definition) is 4. The third kappa shape index (κ3) is 3.11. The number of carbonyl (C=O) groups excluding carboxylic acids is 1. The van der Waals surface area contributed by atoms with E-state index in [4.69, 9.17) is 4.74 Å². The molecule has 0 fully saturated rings. The van der Waals surface area contributed by atoms with Gasteiger partial charge in [0.25, 0.3) is 5.56 Å². The minimum atomic E-state index is -0.535. The first-order valence-electron chi connectivity index (χ1n) is 9.07. The number of fused-ring (bicyclic) bond motifs is 3. The summed E-state index contributed by atoms with van der Waals surface area (Å²) in [5, 5.41) is 7.06. The van der Waals surface area contributed by atoms with Crippen LogP contribution in [0.1, 0.15) is 18.1 Å². The van der Waals surface area contributed by atoms with Crippen LogP contribution in [0.2, 0.25) is 0 Å². The third-order valence-corrected chi connectivity index (χ3v) is 4.71. The smallest absolute Gasteiger partial charge is 0.411 e. The topological polar surface area (TPSA) is 77.6 Å². The maximum atomic E-state index is 12.6. The molecule has 0 atom stereocenters. The van der Waals surface area contributed by atoms with Crippen LogP contribution in [0.5, 0.6) is 0 Å². The molecule has 0 unspecified atom stereocenters. The second-order valence-electron chi connectivity index (χ2n) is 6.52. The second kappa shape index (κ2) is 7.19. The van der Waals surface area contributed by atoms with Crippen molar-refractivity contribution >= 4 is 28.3 Å². The highest BCUT2D eigenvalue weighted by molar-refractivity contribution is 5.91. The van der Waals surface area contributed by atoms with Crippen molar-refractivity contribution in [2.24, 2.45) is 0 Å². The van der Waals surface area contributed by atoms with E-state index in [-0.39, 0.29) is 12.2 Å². The number of anilines is 1. The van der Waals surface area contributed by atoms with E-state index < -0.39 is 6.09 Å². The van der Waals surface area contributed by atoms with E-state index >= 15 is 0 Å². The van der Waals surface area contributed by atoms with Gasteiger partial charge in [-0.2, -0.15) is 5.10 Å². The molecule has 0 aliphatic rings. The van der Waals surface area contributed by atoms with Crippen LogP contribution >= 0.6 is 0 Å². The van der Waals surface area contributed by atoms with Gasteiger partial charge in [0.1, 0.15) is 12.1 Å². The number of aromatic nitrogens is 3. The van der Waals surface area contributed by atoms with E-state index in [0.717, 1.165) is 22.2 Å². The Kier molecular flexibility index (Phi) is 4.57. The first kappa shape index (κ1) is 17.8. The fraction of sp³-hybridized carbons (Fsp3) is 0.190. The van der Waals surface area contributed by atoms with Crippen molar-refractivity contribution in [3.8, 4) is 0 Å². The molecule has 0 aliphatic heterocycles. The number of amides is 1. The van der Waals surface area contributed by atoms with E-state index in [9.17, 15) is 9.59 Å². The fourth-order valence-corrected chi connectivity index (χ4v) is 3.29. The zero-order valence-electron chi connectivity index (χ0n) is 15.7. The summed E-state index contributed by atoms with van der Waals surface area (Å²) in [5.74, 6) is 0. The molecule has 28 heavy (non-hydrogen) atoms. The Hall–Kier alpha value is -3.61. The molecule has 4 rings (SSSR count). The van der Waals surface area contributed by atoms with Crippen molar-refractivity contribution in [3.05, 3.63) is 76.2 Å². The lowest BCUT2D eigenvalue weighted by molar-refractivity contribution is 0.155. The average molecular weight is 376 g/mol. The van der Waals surface area contributed by atoms with Gasteiger partial charge >= 0.3 is 6.09 Å². The zero-order valence-corrected chi connectivity index (χ0v) is 15.7. The van der Waals surface area contributed by atoms with E-state index in [1.807, 2.05) is 56.3 Å². The Morgan fingerprint density at radius 2 is 1.89 bits per heavy atom. The van der Waals surface area contributed by atoms with Gasteiger partial charge in [0.2, 0.25) is 0 Å². The Bertz CT molecular complexity index is 1230. The number of nitrogens with zero attached hydrogens (tertiary/aromatic N) is 3. The first-order valence-corrected chi connectivity index (χ1v) is 9.07. The first-order chi connectivity index (χ1) is 13.6. The lowest BCUT2D eigenvalue weighted by Gasteiger charge is -2.14. The van der Waals surface area contributed by atoms with Crippen molar-refractivity contribution in [1.82, 2.24) is 14.2 Å². The molecule has 1 amide bonds. The van der Waals surface area contributed by atoms with Crippen LogP contribution in [0.25, 0.3) is 16.6 Å². The number of carbonyl (C=O) groups is 1. The third-order valence-electron chi connectivity index (χ3n) is 4.71. The molecule has 1 N–H and O–H groups in total. The minimum absolute atomic E-state index is 0.0881. The standard InChI is InChI=1S/C21H20N4O3/c1-3-24-18-11-14(2)16(12-19(18)25-17(20(24)26)9-10-22-25)23-21(27)28-13-15-7-5-4-6-8-15/h4-12H,3,13H2,1-2H3,(H,23,27). The Balaban J connectivity index is 1.68. The van der Waals surface area contributed by atoms with Gasteiger partial charge in [-0.25, -0.2) is 9.31 Å². The molecule has 0 saturated carbocycles. The number of benzene rings is 2. The molecule has 2 aromatic heterocycles. The van der Waals surface area contributed by atoms with Gasteiger partial charge in [0, 0.05) is 12.2 Å². The lowest BCUT2D eigenvalue weighted by Crippen LogP contribution is -2.22. The highest BCUT2D eigenvalue weighted by atomic mass is 16.5. The van der Waals surface area contributed by atoms with Gasteiger partial charge < -0.3 is 9.30 Å². The average Bonchev–Trinajstić information content (AvgIpc) is 3.19. The summed E-state index contributed by atoms with van der Waals surface area (Å²) in [5.41, 5.74) is 4.28. The number of ether oxygens (including phenoxy) is 1. The monoisotopic (exact) mass is 376 g/mol. The van der Waals surface area contributed by atoms with Crippen LogP contribution in [-0.2, 0) is 17.9 Å². The van der Waals surface area contributed by atoms with Crippen molar-refractivity contribution in [2.75, 3.05) is 5.32 Å². The largest absolute Gasteiger partial charge is 0.444 e. The summed E-state index contributed by atoms with van der Waals surface area (Å²) in [4.78, 5) is 24.9. The molecule has 142 valence electrons. The quantitative estimate of drug-likeness (QED) is 0.589. The molecule has 2 aromatic carbocycles. The van der Waals surface area contributed by atoms with Gasteiger partial charge in [-0.15, -0.1) is 0 Å². The van der Waals surface area contributed by atoms with Gasteiger partial charge in [0.05, 0.1) is 17.2 Å². The van der Waals surface area contributed by atoms with Crippen molar-refractivity contribution < 1.29 is 9.53 Å². The molecule has 0 radical (unpaired) electrons. The van der Waals surface area contributed by atoms with Crippen LogP contribution < -0.4 is 10.9 Å². The second-order valence-corrected chi connectivity index (χ2v) is 6.52. The van der Waals surface area contributed by atoms with Gasteiger partial charge in [-0.05, 0) is 43.2 Å². The minimum Gasteiger partial charge on any atom is -0.444 e. The van der Waals surface area contributed by atoms with Crippen LogP contribution in [0.4, 0.5) is 10.5 Å².